The standard InChI is InChI=1S/C23H46N2/c1-4-7-10-12-13-14-16-18-23-24(19-9-6-3)21-22-25(23)20-17-15-11-8-5-2/h21-23H,4-20H2,1-3H3. The molecular weight excluding hydrogens is 304 g/mol. The Morgan fingerprint density at radius 2 is 0.960 bits per heavy atom. The highest BCUT2D eigenvalue weighted by atomic mass is 15.4. The van der Waals surface area contributed by atoms with Crippen LogP contribution < -0.4 is 0 Å². The summed E-state index contributed by atoms with van der Waals surface area (Å²) in [4.78, 5) is 5.26. The molecule has 0 saturated carbocycles. The highest BCUT2D eigenvalue weighted by Gasteiger charge is 2.24. The first-order chi connectivity index (χ1) is 12.3. The molecule has 1 atom stereocenters. The summed E-state index contributed by atoms with van der Waals surface area (Å²) < 4.78 is 0. The first-order valence-electron chi connectivity index (χ1n) is 11.5. The summed E-state index contributed by atoms with van der Waals surface area (Å²) in [6.07, 6.45) is 26.2. The minimum absolute atomic E-state index is 0.647. The molecule has 25 heavy (non-hydrogen) atoms. The largest absolute Gasteiger partial charge is 0.356 e. The van der Waals surface area contributed by atoms with Crippen LogP contribution in [0.15, 0.2) is 12.4 Å². The fourth-order valence-electron chi connectivity index (χ4n) is 3.86. The summed E-state index contributed by atoms with van der Waals surface area (Å²) in [6, 6.07) is 0. The summed E-state index contributed by atoms with van der Waals surface area (Å²) in [7, 11) is 0. The molecule has 0 spiro atoms. The van der Waals surface area contributed by atoms with E-state index in [1.54, 1.807) is 0 Å². The van der Waals surface area contributed by atoms with Crippen molar-refractivity contribution in [2.45, 2.75) is 123 Å². The lowest BCUT2D eigenvalue weighted by Gasteiger charge is -2.33. The predicted octanol–water partition coefficient (Wildman–Crippen LogP) is 7.31. The van der Waals surface area contributed by atoms with Crippen molar-refractivity contribution in [2.75, 3.05) is 13.1 Å². The first-order valence-corrected chi connectivity index (χ1v) is 11.5. The molecule has 0 N–H and O–H groups in total. The molecule has 0 amide bonds. The van der Waals surface area contributed by atoms with Crippen LogP contribution in [0.4, 0.5) is 0 Å². The summed E-state index contributed by atoms with van der Waals surface area (Å²) in [5.74, 6) is 0. The Morgan fingerprint density at radius 1 is 0.520 bits per heavy atom. The summed E-state index contributed by atoms with van der Waals surface area (Å²) in [5, 5.41) is 0. The number of hydrogen-bond donors (Lipinski definition) is 0. The van der Waals surface area contributed by atoms with E-state index in [0.29, 0.717) is 6.17 Å². The van der Waals surface area contributed by atoms with E-state index in [1.165, 1.54) is 109 Å². The van der Waals surface area contributed by atoms with Gasteiger partial charge in [0.1, 0.15) is 6.17 Å². The van der Waals surface area contributed by atoms with Gasteiger partial charge in [0.05, 0.1) is 0 Å². The van der Waals surface area contributed by atoms with Crippen LogP contribution in [-0.2, 0) is 0 Å². The zero-order valence-corrected chi connectivity index (χ0v) is 17.6. The molecular formula is C23H46N2. The van der Waals surface area contributed by atoms with Gasteiger partial charge in [-0.25, -0.2) is 0 Å². The Hall–Kier alpha value is -0.660. The maximum atomic E-state index is 2.64. The quantitative estimate of drug-likeness (QED) is 0.254. The van der Waals surface area contributed by atoms with Crippen molar-refractivity contribution in [3.8, 4) is 0 Å². The second-order valence-corrected chi connectivity index (χ2v) is 7.93. The Bertz CT molecular complexity index is 313. The monoisotopic (exact) mass is 350 g/mol. The van der Waals surface area contributed by atoms with Crippen LogP contribution in [0.3, 0.4) is 0 Å². The van der Waals surface area contributed by atoms with Gasteiger partial charge in [0.2, 0.25) is 0 Å². The zero-order valence-electron chi connectivity index (χ0n) is 17.6. The van der Waals surface area contributed by atoms with Crippen molar-refractivity contribution in [1.29, 1.82) is 0 Å². The maximum Gasteiger partial charge on any atom is 0.101 e. The van der Waals surface area contributed by atoms with Gasteiger partial charge in [-0.2, -0.15) is 0 Å². The van der Waals surface area contributed by atoms with E-state index in [0.717, 1.165) is 0 Å². The molecule has 1 aliphatic rings. The molecule has 1 unspecified atom stereocenters. The van der Waals surface area contributed by atoms with Crippen LogP contribution in [0, 0.1) is 0 Å². The van der Waals surface area contributed by atoms with Crippen molar-refractivity contribution in [3.05, 3.63) is 12.4 Å². The zero-order chi connectivity index (χ0) is 18.2. The van der Waals surface area contributed by atoms with E-state index in [9.17, 15) is 0 Å². The molecule has 0 aliphatic carbocycles. The Labute approximate surface area is 159 Å². The second kappa shape index (κ2) is 15.6. The fourth-order valence-corrected chi connectivity index (χ4v) is 3.86. The molecule has 0 saturated heterocycles. The summed E-state index contributed by atoms with van der Waals surface area (Å²) >= 11 is 0. The van der Waals surface area contributed by atoms with Crippen molar-refractivity contribution in [1.82, 2.24) is 9.80 Å². The normalized spacial score (nSPS) is 17.0. The molecule has 2 nitrogen and oxygen atoms in total. The van der Waals surface area contributed by atoms with Crippen LogP contribution in [0.1, 0.15) is 117 Å². The van der Waals surface area contributed by atoms with Crippen molar-refractivity contribution < 1.29 is 0 Å². The van der Waals surface area contributed by atoms with Gasteiger partial charge in [-0.05, 0) is 25.7 Å². The van der Waals surface area contributed by atoms with Crippen molar-refractivity contribution >= 4 is 0 Å². The van der Waals surface area contributed by atoms with Gasteiger partial charge in [-0.15, -0.1) is 0 Å². The van der Waals surface area contributed by atoms with Gasteiger partial charge in [-0.3, -0.25) is 0 Å². The van der Waals surface area contributed by atoms with Gasteiger partial charge in [0.15, 0.2) is 0 Å². The smallest absolute Gasteiger partial charge is 0.101 e. The van der Waals surface area contributed by atoms with Crippen LogP contribution in [0.5, 0.6) is 0 Å². The first kappa shape index (κ1) is 22.4. The van der Waals surface area contributed by atoms with Crippen LogP contribution >= 0.6 is 0 Å². The third-order valence-corrected chi connectivity index (χ3v) is 5.57. The molecule has 148 valence electrons. The van der Waals surface area contributed by atoms with E-state index in [-0.39, 0.29) is 0 Å². The topological polar surface area (TPSA) is 6.48 Å². The molecule has 0 aromatic carbocycles. The molecule has 1 rings (SSSR count). The SMILES string of the molecule is CCCCCCCCCC1N(CCCC)C=CN1CCCCCCC. The minimum atomic E-state index is 0.647. The highest BCUT2D eigenvalue weighted by Crippen LogP contribution is 2.23. The lowest BCUT2D eigenvalue weighted by atomic mass is 10.1. The highest BCUT2D eigenvalue weighted by molar-refractivity contribution is 4.96. The summed E-state index contributed by atoms with van der Waals surface area (Å²) in [6.45, 7) is 9.39. The molecule has 0 fully saturated rings. The number of nitrogens with zero attached hydrogens (tertiary/aromatic N) is 2. The van der Waals surface area contributed by atoms with E-state index >= 15 is 0 Å². The fraction of sp³-hybridized carbons (Fsp3) is 0.913. The molecule has 2 heteroatoms. The van der Waals surface area contributed by atoms with Gasteiger partial charge in [0, 0.05) is 25.5 Å². The molecule has 1 aliphatic heterocycles. The van der Waals surface area contributed by atoms with Gasteiger partial charge in [-0.1, -0.05) is 91.4 Å². The minimum Gasteiger partial charge on any atom is -0.356 e. The third kappa shape index (κ3) is 10.2. The molecule has 1 heterocycles. The molecule has 0 radical (unpaired) electrons. The van der Waals surface area contributed by atoms with Crippen LogP contribution in [0.2, 0.25) is 0 Å². The average Bonchev–Trinajstić information content (AvgIpc) is 3.01. The van der Waals surface area contributed by atoms with Gasteiger partial charge >= 0.3 is 0 Å². The molecule has 0 bridgehead atoms. The van der Waals surface area contributed by atoms with E-state index < -0.39 is 0 Å². The Morgan fingerprint density at radius 3 is 1.52 bits per heavy atom. The van der Waals surface area contributed by atoms with Gasteiger partial charge in [0.25, 0.3) is 0 Å². The van der Waals surface area contributed by atoms with Crippen molar-refractivity contribution in [3.63, 3.8) is 0 Å². The Balaban J connectivity index is 2.27. The number of unbranched alkanes of at least 4 members (excludes halogenated alkanes) is 11. The number of rotatable bonds is 17. The van der Waals surface area contributed by atoms with E-state index in [2.05, 4.69) is 43.0 Å². The van der Waals surface area contributed by atoms with E-state index in [1.807, 2.05) is 0 Å². The summed E-state index contributed by atoms with van der Waals surface area (Å²) in [5.41, 5.74) is 0. The predicted molar refractivity (Wildman–Crippen MR) is 113 cm³/mol. The molecule has 0 aromatic heterocycles. The average molecular weight is 351 g/mol. The lowest BCUT2D eigenvalue weighted by molar-refractivity contribution is 0.136. The Kier molecular flexibility index (Phi) is 14.0. The maximum absolute atomic E-state index is 2.64. The third-order valence-electron chi connectivity index (χ3n) is 5.57. The van der Waals surface area contributed by atoms with E-state index in [4.69, 9.17) is 0 Å². The van der Waals surface area contributed by atoms with Crippen LogP contribution in [-0.4, -0.2) is 29.1 Å². The van der Waals surface area contributed by atoms with Gasteiger partial charge < -0.3 is 9.80 Å². The number of hydrogen-bond acceptors (Lipinski definition) is 2. The van der Waals surface area contributed by atoms with Crippen LogP contribution in [0.25, 0.3) is 0 Å². The lowest BCUT2D eigenvalue weighted by Crippen LogP contribution is -2.39. The van der Waals surface area contributed by atoms with Crippen molar-refractivity contribution in [2.24, 2.45) is 0 Å². The molecule has 0 aromatic rings. The second-order valence-electron chi connectivity index (χ2n) is 7.93.